The van der Waals surface area contributed by atoms with Crippen molar-refractivity contribution in [3.63, 3.8) is 0 Å². The van der Waals surface area contributed by atoms with Gasteiger partial charge in [0.1, 0.15) is 5.69 Å². The summed E-state index contributed by atoms with van der Waals surface area (Å²) in [6.45, 7) is 10.1. The van der Waals surface area contributed by atoms with Crippen LogP contribution >= 0.6 is 0 Å². The second kappa shape index (κ2) is 7.33. The average Bonchev–Trinajstić information content (AvgIpc) is 2.94. The molecule has 1 aliphatic heterocycles. The lowest BCUT2D eigenvalue weighted by atomic mass is 9.67. The molecule has 1 saturated heterocycles. The van der Waals surface area contributed by atoms with Crippen molar-refractivity contribution in [1.82, 2.24) is 20.2 Å². The molecule has 1 aliphatic carbocycles. The van der Waals surface area contributed by atoms with E-state index in [1.54, 1.807) is 6.20 Å². The van der Waals surface area contributed by atoms with Crippen LogP contribution in [0.15, 0.2) is 18.6 Å². The van der Waals surface area contributed by atoms with Crippen molar-refractivity contribution in [1.29, 1.82) is 0 Å². The van der Waals surface area contributed by atoms with Crippen LogP contribution in [-0.2, 0) is 4.79 Å². The average molecular weight is 358 g/mol. The van der Waals surface area contributed by atoms with E-state index < -0.39 is 0 Å². The zero-order valence-electron chi connectivity index (χ0n) is 16.2. The first-order valence-electron chi connectivity index (χ1n) is 9.61. The molecule has 0 aromatic carbocycles. The summed E-state index contributed by atoms with van der Waals surface area (Å²) < 4.78 is 0. The van der Waals surface area contributed by atoms with Gasteiger partial charge in [0.25, 0.3) is 5.91 Å². The fraction of sp³-hybridized carbons (Fsp3) is 0.700. The van der Waals surface area contributed by atoms with Gasteiger partial charge >= 0.3 is 0 Å². The topological polar surface area (TPSA) is 75.2 Å². The number of amides is 2. The van der Waals surface area contributed by atoms with Gasteiger partial charge in [-0.3, -0.25) is 14.6 Å². The Kier molecular flexibility index (Phi) is 5.30. The number of nitrogens with zero attached hydrogens (tertiary/aromatic N) is 3. The fourth-order valence-electron chi connectivity index (χ4n) is 4.79. The van der Waals surface area contributed by atoms with Gasteiger partial charge in [0, 0.05) is 31.4 Å². The molecular weight excluding hydrogens is 328 g/mol. The van der Waals surface area contributed by atoms with E-state index in [-0.39, 0.29) is 35.1 Å². The highest BCUT2D eigenvalue weighted by Gasteiger charge is 2.40. The number of likely N-dealkylation sites (tertiary alicyclic amines) is 1. The van der Waals surface area contributed by atoms with E-state index in [2.05, 4.69) is 43.0 Å². The van der Waals surface area contributed by atoms with Crippen molar-refractivity contribution < 1.29 is 9.59 Å². The predicted molar refractivity (Wildman–Crippen MR) is 99.3 cm³/mol. The Labute approximate surface area is 155 Å². The monoisotopic (exact) mass is 358 g/mol. The first-order valence-corrected chi connectivity index (χ1v) is 9.61. The Morgan fingerprint density at radius 2 is 1.96 bits per heavy atom. The van der Waals surface area contributed by atoms with E-state index >= 15 is 0 Å². The molecule has 2 fully saturated rings. The van der Waals surface area contributed by atoms with E-state index in [9.17, 15) is 9.59 Å². The van der Waals surface area contributed by atoms with Crippen molar-refractivity contribution >= 4 is 11.8 Å². The number of carbonyl (C=O) groups excluding carboxylic acids is 2. The van der Waals surface area contributed by atoms with Crippen molar-refractivity contribution in [2.24, 2.45) is 23.2 Å². The van der Waals surface area contributed by atoms with Gasteiger partial charge in [-0.15, -0.1) is 0 Å². The third-order valence-corrected chi connectivity index (χ3v) is 5.77. The number of rotatable bonds is 3. The van der Waals surface area contributed by atoms with Crippen LogP contribution in [0.25, 0.3) is 0 Å². The molecule has 0 spiro atoms. The van der Waals surface area contributed by atoms with Gasteiger partial charge in [0.2, 0.25) is 5.91 Å². The van der Waals surface area contributed by atoms with Crippen LogP contribution in [0, 0.1) is 23.2 Å². The van der Waals surface area contributed by atoms with E-state index in [1.807, 2.05) is 4.90 Å². The molecule has 1 aromatic heterocycles. The quantitative estimate of drug-likeness (QED) is 0.901. The maximum Gasteiger partial charge on any atom is 0.271 e. The second-order valence-corrected chi connectivity index (χ2v) is 9.00. The van der Waals surface area contributed by atoms with Gasteiger partial charge in [-0.2, -0.15) is 0 Å². The normalized spacial score (nSPS) is 30.8. The summed E-state index contributed by atoms with van der Waals surface area (Å²) in [6, 6.07) is -0.0394. The predicted octanol–water partition coefficient (Wildman–Crippen LogP) is 2.52. The molecule has 2 aliphatic rings. The molecule has 2 heterocycles. The Morgan fingerprint density at radius 3 is 2.62 bits per heavy atom. The molecular formula is C20H30N4O2. The minimum Gasteiger partial charge on any atom is -0.346 e. The van der Waals surface area contributed by atoms with Crippen LogP contribution in [0.4, 0.5) is 0 Å². The highest BCUT2D eigenvalue weighted by atomic mass is 16.2. The lowest BCUT2D eigenvalue weighted by molar-refractivity contribution is -0.137. The summed E-state index contributed by atoms with van der Waals surface area (Å²) in [5.74, 6) is 0.952. The summed E-state index contributed by atoms with van der Waals surface area (Å²) in [4.78, 5) is 35.3. The van der Waals surface area contributed by atoms with Crippen LogP contribution in [0.5, 0.6) is 0 Å². The zero-order valence-corrected chi connectivity index (χ0v) is 16.2. The van der Waals surface area contributed by atoms with Gasteiger partial charge in [-0.05, 0) is 36.5 Å². The highest BCUT2D eigenvalue weighted by Crippen LogP contribution is 2.42. The Bertz CT molecular complexity index is 661. The molecule has 0 radical (unpaired) electrons. The molecule has 1 aromatic rings. The number of hydrogen-bond donors (Lipinski definition) is 1. The zero-order chi connectivity index (χ0) is 18.9. The van der Waals surface area contributed by atoms with Crippen LogP contribution in [0.3, 0.4) is 0 Å². The Hall–Kier alpha value is -1.98. The van der Waals surface area contributed by atoms with E-state index in [4.69, 9.17) is 0 Å². The van der Waals surface area contributed by atoms with Gasteiger partial charge < -0.3 is 10.2 Å². The molecule has 0 bridgehead atoms. The van der Waals surface area contributed by atoms with Crippen LogP contribution in [0.2, 0.25) is 0 Å². The lowest BCUT2D eigenvalue weighted by Gasteiger charge is -2.39. The molecule has 142 valence electrons. The van der Waals surface area contributed by atoms with Gasteiger partial charge in [-0.1, -0.05) is 27.7 Å². The number of carbonyl (C=O) groups is 2. The highest BCUT2D eigenvalue weighted by molar-refractivity contribution is 5.92. The second-order valence-electron chi connectivity index (χ2n) is 9.00. The Morgan fingerprint density at radius 1 is 1.19 bits per heavy atom. The van der Waals surface area contributed by atoms with E-state index in [1.165, 1.54) is 18.8 Å². The fourth-order valence-corrected chi connectivity index (χ4v) is 4.79. The molecule has 2 amide bonds. The Balaban J connectivity index is 1.61. The van der Waals surface area contributed by atoms with Crippen molar-refractivity contribution in [3.05, 3.63) is 24.3 Å². The number of hydrogen-bond acceptors (Lipinski definition) is 4. The number of aromatic nitrogens is 2. The lowest BCUT2D eigenvalue weighted by Crippen LogP contribution is -2.43. The first kappa shape index (κ1) is 18.8. The van der Waals surface area contributed by atoms with Crippen molar-refractivity contribution in [2.75, 3.05) is 13.1 Å². The molecule has 6 nitrogen and oxygen atoms in total. The van der Waals surface area contributed by atoms with Crippen molar-refractivity contribution in [2.45, 2.75) is 53.0 Å². The molecule has 1 N–H and O–H groups in total. The SMILES string of the molecule is C[C@H]1C[C@@H](C(=O)N2C[C@H](C)[C@H](NC(=O)c3cnccn3)C2)CC(C)(C)C1. The summed E-state index contributed by atoms with van der Waals surface area (Å²) in [5.41, 5.74) is 0.537. The third-order valence-electron chi connectivity index (χ3n) is 5.77. The van der Waals surface area contributed by atoms with Crippen LogP contribution in [-0.4, -0.2) is 45.8 Å². The summed E-state index contributed by atoms with van der Waals surface area (Å²) in [5, 5.41) is 3.02. The third kappa shape index (κ3) is 4.22. The molecule has 4 atom stereocenters. The molecule has 0 unspecified atom stereocenters. The standard InChI is InChI=1S/C20H30N4O2/c1-13-7-15(9-20(3,4)8-13)19(26)24-11-14(2)17(12-24)23-18(25)16-10-21-5-6-22-16/h5-6,10,13-15,17H,7-9,11-12H2,1-4H3,(H,23,25)/t13-,14-,15+,17+/m0/s1. The van der Waals surface area contributed by atoms with Gasteiger partial charge in [0.15, 0.2) is 0 Å². The molecule has 3 rings (SSSR count). The van der Waals surface area contributed by atoms with Gasteiger partial charge in [0.05, 0.1) is 12.2 Å². The largest absolute Gasteiger partial charge is 0.346 e. The minimum atomic E-state index is -0.225. The van der Waals surface area contributed by atoms with Crippen LogP contribution < -0.4 is 5.32 Å². The molecule has 26 heavy (non-hydrogen) atoms. The van der Waals surface area contributed by atoms with Crippen molar-refractivity contribution in [3.8, 4) is 0 Å². The summed E-state index contributed by atoms with van der Waals surface area (Å²) in [6.07, 6.45) is 7.63. The minimum absolute atomic E-state index is 0.0394. The maximum atomic E-state index is 13.1. The molecule has 1 saturated carbocycles. The maximum absolute atomic E-state index is 13.1. The van der Waals surface area contributed by atoms with Gasteiger partial charge in [-0.25, -0.2) is 4.98 Å². The first-order chi connectivity index (χ1) is 12.2. The number of nitrogens with one attached hydrogen (secondary N) is 1. The van der Waals surface area contributed by atoms with Crippen LogP contribution in [0.1, 0.15) is 57.4 Å². The van der Waals surface area contributed by atoms with E-state index in [0.717, 1.165) is 12.8 Å². The molecule has 6 heteroatoms. The van der Waals surface area contributed by atoms with E-state index in [0.29, 0.717) is 24.7 Å². The summed E-state index contributed by atoms with van der Waals surface area (Å²) >= 11 is 0. The smallest absolute Gasteiger partial charge is 0.271 e. The summed E-state index contributed by atoms with van der Waals surface area (Å²) in [7, 11) is 0.